The molecular formula is C21H23BrN4O4S2. The first-order valence-electron chi connectivity index (χ1n) is 9.80. The van der Waals surface area contributed by atoms with Crippen LogP contribution >= 0.6 is 39.0 Å². The predicted octanol–water partition coefficient (Wildman–Crippen LogP) is 5.00. The number of carbonyl (C=O) groups is 2. The Hall–Kier alpha value is -2.37. The SMILES string of the molecule is CCOC(=O)c1cc(C)sc1NC(=O)CSc1nnc(C(C)Oc2ccc(Br)cc2)n1C. The van der Waals surface area contributed by atoms with Gasteiger partial charge in [0.05, 0.1) is 17.9 Å². The van der Waals surface area contributed by atoms with Crippen LogP contribution in [0.4, 0.5) is 5.00 Å². The largest absolute Gasteiger partial charge is 0.483 e. The molecule has 0 spiro atoms. The number of benzene rings is 1. The lowest BCUT2D eigenvalue weighted by atomic mass is 10.3. The van der Waals surface area contributed by atoms with Gasteiger partial charge in [0.15, 0.2) is 17.1 Å². The lowest BCUT2D eigenvalue weighted by molar-refractivity contribution is -0.113. The van der Waals surface area contributed by atoms with Crippen LogP contribution in [0.1, 0.15) is 41.0 Å². The second-order valence-corrected chi connectivity index (χ2v) is 9.89. The number of halogens is 1. The molecule has 32 heavy (non-hydrogen) atoms. The van der Waals surface area contributed by atoms with Gasteiger partial charge in [0.1, 0.15) is 10.8 Å². The molecule has 1 aromatic carbocycles. The monoisotopic (exact) mass is 538 g/mol. The third-order valence-electron chi connectivity index (χ3n) is 4.29. The van der Waals surface area contributed by atoms with E-state index in [9.17, 15) is 9.59 Å². The Labute approximate surface area is 202 Å². The van der Waals surface area contributed by atoms with Gasteiger partial charge in [-0.25, -0.2) is 4.79 Å². The minimum Gasteiger partial charge on any atom is -0.483 e. The van der Waals surface area contributed by atoms with Gasteiger partial charge in [0.25, 0.3) is 0 Å². The molecule has 0 saturated heterocycles. The zero-order valence-corrected chi connectivity index (χ0v) is 21.3. The summed E-state index contributed by atoms with van der Waals surface area (Å²) in [5.41, 5.74) is 0.368. The number of aromatic nitrogens is 3. The standard InChI is InChI=1S/C21H23BrN4O4S2/c1-5-29-20(28)16-10-12(2)32-19(16)23-17(27)11-31-21-25-24-18(26(21)4)13(3)30-15-8-6-14(22)7-9-15/h6-10,13H,5,11H2,1-4H3,(H,23,27). The van der Waals surface area contributed by atoms with E-state index in [0.717, 1.165) is 15.1 Å². The Morgan fingerprint density at radius 3 is 2.69 bits per heavy atom. The molecule has 1 atom stereocenters. The van der Waals surface area contributed by atoms with Crippen molar-refractivity contribution < 1.29 is 19.1 Å². The van der Waals surface area contributed by atoms with Crippen LogP contribution in [0, 0.1) is 6.92 Å². The number of aryl methyl sites for hydroxylation is 1. The van der Waals surface area contributed by atoms with Gasteiger partial charge in [0.2, 0.25) is 5.91 Å². The van der Waals surface area contributed by atoms with E-state index in [1.165, 1.54) is 23.1 Å². The zero-order valence-electron chi connectivity index (χ0n) is 18.0. The Kier molecular flexibility index (Phi) is 8.32. The predicted molar refractivity (Wildman–Crippen MR) is 129 cm³/mol. The molecule has 2 heterocycles. The maximum atomic E-state index is 12.5. The number of amides is 1. The van der Waals surface area contributed by atoms with Gasteiger partial charge in [-0.05, 0) is 51.1 Å². The van der Waals surface area contributed by atoms with Gasteiger partial charge >= 0.3 is 5.97 Å². The summed E-state index contributed by atoms with van der Waals surface area (Å²) in [6.07, 6.45) is -0.321. The maximum absolute atomic E-state index is 12.5. The first-order chi connectivity index (χ1) is 15.3. The van der Waals surface area contributed by atoms with Gasteiger partial charge in [-0.15, -0.1) is 21.5 Å². The summed E-state index contributed by atoms with van der Waals surface area (Å²) in [4.78, 5) is 25.5. The molecule has 170 valence electrons. The van der Waals surface area contributed by atoms with Gasteiger partial charge in [-0.2, -0.15) is 0 Å². The maximum Gasteiger partial charge on any atom is 0.341 e. The summed E-state index contributed by atoms with van der Waals surface area (Å²) < 4.78 is 13.8. The second-order valence-electron chi connectivity index (χ2n) is 6.77. The zero-order chi connectivity index (χ0) is 23.3. The first-order valence-corrected chi connectivity index (χ1v) is 12.4. The summed E-state index contributed by atoms with van der Waals surface area (Å²) in [6.45, 7) is 5.78. The highest BCUT2D eigenvalue weighted by Crippen LogP contribution is 2.29. The van der Waals surface area contributed by atoms with Gasteiger partial charge in [0, 0.05) is 16.4 Å². The van der Waals surface area contributed by atoms with Crippen molar-refractivity contribution in [1.29, 1.82) is 0 Å². The molecule has 1 unspecified atom stereocenters. The Bertz CT molecular complexity index is 1100. The lowest BCUT2D eigenvalue weighted by Crippen LogP contribution is -2.16. The number of anilines is 1. The van der Waals surface area contributed by atoms with Crippen molar-refractivity contribution in [2.75, 3.05) is 17.7 Å². The number of hydrogen-bond acceptors (Lipinski definition) is 8. The van der Waals surface area contributed by atoms with Crippen molar-refractivity contribution in [3.63, 3.8) is 0 Å². The number of nitrogens with one attached hydrogen (secondary N) is 1. The van der Waals surface area contributed by atoms with E-state index in [1.54, 1.807) is 17.6 Å². The van der Waals surface area contributed by atoms with Crippen molar-refractivity contribution >= 4 is 55.9 Å². The van der Waals surface area contributed by atoms with Gasteiger partial charge in [-0.1, -0.05) is 27.7 Å². The molecule has 0 aliphatic rings. The third kappa shape index (κ3) is 6.11. The number of ether oxygens (including phenoxy) is 2. The molecule has 3 aromatic rings. The second kappa shape index (κ2) is 11.0. The van der Waals surface area contributed by atoms with Crippen molar-refractivity contribution in [2.24, 2.45) is 7.05 Å². The van der Waals surface area contributed by atoms with Gasteiger partial charge < -0.3 is 19.4 Å². The lowest BCUT2D eigenvalue weighted by Gasteiger charge is -2.14. The molecule has 1 amide bonds. The first kappa shape index (κ1) is 24.3. The quantitative estimate of drug-likeness (QED) is 0.302. The minimum absolute atomic E-state index is 0.118. The van der Waals surface area contributed by atoms with E-state index < -0.39 is 5.97 Å². The molecule has 1 N–H and O–H groups in total. The molecule has 0 radical (unpaired) electrons. The Morgan fingerprint density at radius 2 is 2.00 bits per heavy atom. The number of nitrogens with zero attached hydrogens (tertiary/aromatic N) is 3. The van der Waals surface area contributed by atoms with Crippen LogP contribution in [0.2, 0.25) is 0 Å². The van der Waals surface area contributed by atoms with Gasteiger partial charge in [-0.3, -0.25) is 4.79 Å². The molecule has 0 fully saturated rings. The van der Waals surface area contributed by atoms with Crippen molar-refractivity contribution in [3.8, 4) is 5.75 Å². The Balaban J connectivity index is 1.60. The highest BCUT2D eigenvalue weighted by molar-refractivity contribution is 9.10. The molecular weight excluding hydrogens is 516 g/mol. The van der Waals surface area contributed by atoms with E-state index in [-0.39, 0.29) is 24.4 Å². The third-order valence-corrected chi connectivity index (χ3v) is 6.81. The minimum atomic E-state index is -0.447. The van der Waals surface area contributed by atoms with Crippen LogP contribution in [-0.2, 0) is 16.6 Å². The number of carbonyl (C=O) groups excluding carboxylic acids is 2. The molecule has 0 bridgehead atoms. The number of thiophene rings is 1. The van der Waals surface area contributed by atoms with Crippen molar-refractivity contribution in [3.05, 3.63) is 51.1 Å². The van der Waals surface area contributed by atoms with E-state index in [0.29, 0.717) is 21.5 Å². The fourth-order valence-electron chi connectivity index (χ4n) is 2.84. The van der Waals surface area contributed by atoms with E-state index >= 15 is 0 Å². The molecule has 11 heteroatoms. The Morgan fingerprint density at radius 1 is 1.28 bits per heavy atom. The van der Waals surface area contributed by atoms with E-state index in [4.69, 9.17) is 9.47 Å². The summed E-state index contributed by atoms with van der Waals surface area (Å²) in [5.74, 6) is 0.798. The summed E-state index contributed by atoms with van der Waals surface area (Å²) in [5, 5.41) is 12.3. The normalized spacial score (nSPS) is 11.8. The fraction of sp³-hybridized carbons (Fsp3) is 0.333. The van der Waals surface area contributed by atoms with Crippen LogP contribution in [0.3, 0.4) is 0 Å². The molecule has 0 aliphatic carbocycles. The molecule has 8 nitrogen and oxygen atoms in total. The van der Waals surface area contributed by atoms with E-state index in [2.05, 4.69) is 31.4 Å². The van der Waals surface area contributed by atoms with Crippen molar-refractivity contribution in [1.82, 2.24) is 14.8 Å². The smallest absolute Gasteiger partial charge is 0.341 e. The summed E-state index contributed by atoms with van der Waals surface area (Å²) in [7, 11) is 1.83. The highest BCUT2D eigenvalue weighted by Gasteiger charge is 2.20. The summed E-state index contributed by atoms with van der Waals surface area (Å²) in [6, 6.07) is 9.26. The van der Waals surface area contributed by atoms with Crippen LogP contribution in [0.5, 0.6) is 5.75 Å². The average molecular weight is 539 g/mol. The number of thioether (sulfide) groups is 1. The number of rotatable bonds is 9. The number of hydrogen-bond donors (Lipinski definition) is 1. The topological polar surface area (TPSA) is 95.3 Å². The van der Waals surface area contributed by atoms with Crippen LogP contribution in [-0.4, -0.2) is 39.0 Å². The highest BCUT2D eigenvalue weighted by atomic mass is 79.9. The average Bonchev–Trinajstić information content (AvgIpc) is 3.30. The van der Waals surface area contributed by atoms with Crippen LogP contribution in [0.25, 0.3) is 0 Å². The molecule has 0 saturated carbocycles. The molecule has 2 aromatic heterocycles. The van der Waals surface area contributed by atoms with E-state index in [1.807, 2.05) is 45.2 Å². The summed E-state index contributed by atoms with van der Waals surface area (Å²) >= 11 is 5.99. The fourth-order valence-corrected chi connectivity index (χ4v) is 4.73. The van der Waals surface area contributed by atoms with Crippen molar-refractivity contribution in [2.45, 2.75) is 32.0 Å². The van der Waals surface area contributed by atoms with Crippen LogP contribution < -0.4 is 10.1 Å². The molecule has 3 rings (SSSR count). The number of esters is 1. The van der Waals surface area contributed by atoms with Crippen LogP contribution in [0.15, 0.2) is 40.0 Å². The molecule has 0 aliphatic heterocycles.